The lowest BCUT2D eigenvalue weighted by atomic mass is 10.1. The lowest BCUT2D eigenvalue weighted by Gasteiger charge is -2.06. The lowest BCUT2D eigenvalue weighted by Crippen LogP contribution is -2.27. The predicted octanol–water partition coefficient (Wildman–Crippen LogP) is 3.34. The van der Waals surface area contributed by atoms with Crippen LogP contribution in [0.25, 0.3) is 10.2 Å². The van der Waals surface area contributed by atoms with Crippen LogP contribution in [-0.2, 0) is 11.2 Å². The van der Waals surface area contributed by atoms with E-state index >= 15 is 0 Å². The molecular weight excluding hydrogens is 352 g/mol. The summed E-state index contributed by atoms with van der Waals surface area (Å²) in [5, 5.41) is 4.40. The van der Waals surface area contributed by atoms with Gasteiger partial charge in [0, 0.05) is 11.4 Å². The number of thioether (sulfide) groups is 1. The summed E-state index contributed by atoms with van der Waals surface area (Å²) in [6, 6.07) is 10.1. The van der Waals surface area contributed by atoms with E-state index in [2.05, 4.69) is 27.4 Å². The van der Waals surface area contributed by atoms with Gasteiger partial charge in [-0.1, -0.05) is 42.1 Å². The summed E-state index contributed by atoms with van der Waals surface area (Å²) in [5.41, 5.74) is 8.40. The summed E-state index contributed by atoms with van der Waals surface area (Å²) >= 11 is 2.92. The molecule has 0 aliphatic heterocycles. The van der Waals surface area contributed by atoms with Crippen molar-refractivity contribution >= 4 is 45.0 Å². The number of fused-ring (bicyclic) bond motifs is 1. The first kappa shape index (κ1) is 17.7. The van der Waals surface area contributed by atoms with Gasteiger partial charge >= 0.3 is 0 Å². The van der Waals surface area contributed by atoms with Crippen LogP contribution in [0.4, 0.5) is 5.82 Å². The van der Waals surface area contributed by atoms with Crippen molar-refractivity contribution in [2.75, 3.05) is 18.0 Å². The number of anilines is 1. The highest BCUT2D eigenvalue weighted by Crippen LogP contribution is 2.33. The average Bonchev–Trinajstić information content (AvgIpc) is 2.88. The van der Waals surface area contributed by atoms with Gasteiger partial charge in [-0.2, -0.15) is 0 Å². The Balaban J connectivity index is 1.54. The molecule has 0 fully saturated rings. The first-order chi connectivity index (χ1) is 12.0. The van der Waals surface area contributed by atoms with Gasteiger partial charge in [0.2, 0.25) is 5.91 Å². The van der Waals surface area contributed by atoms with Crippen molar-refractivity contribution in [1.29, 1.82) is 0 Å². The Kier molecular flexibility index (Phi) is 5.55. The molecular formula is C18H20N4OS2. The molecule has 130 valence electrons. The van der Waals surface area contributed by atoms with E-state index in [4.69, 9.17) is 5.73 Å². The van der Waals surface area contributed by atoms with Crippen LogP contribution in [0.5, 0.6) is 0 Å². The number of nitrogens with zero attached hydrogens (tertiary/aromatic N) is 2. The Labute approximate surface area is 155 Å². The number of carbonyl (C=O) groups excluding carboxylic acids is 1. The Hall–Kier alpha value is -2.12. The monoisotopic (exact) mass is 372 g/mol. The third-order valence-corrected chi connectivity index (χ3v) is 5.90. The van der Waals surface area contributed by atoms with E-state index in [-0.39, 0.29) is 11.7 Å². The Morgan fingerprint density at radius 3 is 2.76 bits per heavy atom. The summed E-state index contributed by atoms with van der Waals surface area (Å²) in [6.45, 7) is 4.70. The number of nitrogens with two attached hydrogens (primary N) is 1. The number of aromatic nitrogens is 2. The number of thiophene rings is 1. The second-order valence-electron chi connectivity index (χ2n) is 5.73. The van der Waals surface area contributed by atoms with Gasteiger partial charge in [0.15, 0.2) is 5.16 Å². The molecule has 2 heterocycles. The number of nitrogen functional groups attached to an aromatic ring is 1. The maximum absolute atomic E-state index is 12.0. The molecule has 3 aromatic rings. The SMILES string of the molecule is Cc1sc2nc(SCC(=O)NCCc3ccccc3)nc(N)c2c1C. The highest BCUT2D eigenvalue weighted by Gasteiger charge is 2.13. The normalized spacial score (nSPS) is 11.0. The van der Waals surface area contributed by atoms with Crippen LogP contribution >= 0.6 is 23.1 Å². The minimum absolute atomic E-state index is 0.0262. The van der Waals surface area contributed by atoms with E-state index in [9.17, 15) is 4.79 Å². The van der Waals surface area contributed by atoms with Crippen molar-refractivity contribution in [2.24, 2.45) is 0 Å². The molecule has 1 amide bonds. The van der Waals surface area contributed by atoms with Crippen LogP contribution in [0.3, 0.4) is 0 Å². The fourth-order valence-electron chi connectivity index (χ4n) is 2.50. The standard InChI is InChI=1S/C18H20N4OS2/c1-11-12(2)25-17-15(11)16(19)21-18(22-17)24-10-14(23)20-9-8-13-6-4-3-5-7-13/h3-7H,8-10H2,1-2H3,(H,20,23)(H2,19,21,22). The Bertz CT molecular complexity index is 893. The van der Waals surface area contributed by atoms with Gasteiger partial charge in [0.1, 0.15) is 10.6 Å². The molecule has 0 atom stereocenters. The van der Waals surface area contributed by atoms with E-state index in [0.717, 1.165) is 22.2 Å². The number of amides is 1. The second-order valence-corrected chi connectivity index (χ2v) is 7.87. The largest absolute Gasteiger partial charge is 0.383 e. The van der Waals surface area contributed by atoms with Gasteiger partial charge in [-0.05, 0) is 31.4 Å². The van der Waals surface area contributed by atoms with Gasteiger partial charge in [-0.3, -0.25) is 4.79 Å². The lowest BCUT2D eigenvalue weighted by molar-refractivity contribution is -0.118. The minimum atomic E-state index is -0.0262. The highest BCUT2D eigenvalue weighted by atomic mass is 32.2. The number of rotatable bonds is 6. The number of carbonyl (C=O) groups is 1. The minimum Gasteiger partial charge on any atom is -0.383 e. The summed E-state index contributed by atoms with van der Waals surface area (Å²) < 4.78 is 0. The number of hydrogen-bond donors (Lipinski definition) is 2. The molecule has 0 radical (unpaired) electrons. The molecule has 0 aliphatic rings. The maximum atomic E-state index is 12.0. The molecule has 5 nitrogen and oxygen atoms in total. The molecule has 0 saturated heterocycles. The van der Waals surface area contributed by atoms with Gasteiger partial charge in [0.05, 0.1) is 11.1 Å². The van der Waals surface area contributed by atoms with Gasteiger partial charge in [-0.25, -0.2) is 9.97 Å². The molecule has 0 saturated carbocycles. The molecule has 25 heavy (non-hydrogen) atoms. The van der Waals surface area contributed by atoms with E-state index in [0.29, 0.717) is 17.5 Å². The van der Waals surface area contributed by atoms with Crippen molar-refractivity contribution in [3.05, 3.63) is 46.3 Å². The topological polar surface area (TPSA) is 80.9 Å². The van der Waals surface area contributed by atoms with Crippen LogP contribution in [0.15, 0.2) is 35.5 Å². The predicted molar refractivity (Wildman–Crippen MR) is 105 cm³/mol. The molecule has 3 N–H and O–H groups in total. The smallest absolute Gasteiger partial charge is 0.230 e. The number of hydrogen-bond acceptors (Lipinski definition) is 6. The summed E-state index contributed by atoms with van der Waals surface area (Å²) in [7, 11) is 0. The molecule has 0 spiro atoms. The number of nitrogens with one attached hydrogen (secondary N) is 1. The van der Waals surface area contributed by atoms with Gasteiger partial charge in [-0.15, -0.1) is 11.3 Å². The number of aryl methyl sites for hydroxylation is 2. The molecule has 3 rings (SSSR count). The van der Waals surface area contributed by atoms with Crippen molar-refractivity contribution in [3.8, 4) is 0 Å². The van der Waals surface area contributed by atoms with Crippen molar-refractivity contribution in [2.45, 2.75) is 25.4 Å². The fraction of sp³-hybridized carbons (Fsp3) is 0.278. The Morgan fingerprint density at radius 1 is 1.24 bits per heavy atom. The number of benzene rings is 1. The van der Waals surface area contributed by atoms with E-state index < -0.39 is 0 Å². The summed E-state index contributed by atoms with van der Waals surface area (Å²) in [4.78, 5) is 22.9. The molecule has 1 aromatic carbocycles. The van der Waals surface area contributed by atoms with E-state index in [1.54, 1.807) is 11.3 Å². The molecule has 0 bridgehead atoms. The molecule has 0 aliphatic carbocycles. The van der Waals surface area contributed by atoms with Gasteiger partial charge < -0.3 is 11.1 Å². The zero-order chi connectivity index (χ0) is 17.8. The average molecular weight is 373 g/mol. The zero-order valence-electron chi connectivity index (χ0n) is 14.2. The second kappa shape index (κ2) is 7.84. The molecule has 0 unspecified atom stereocenters. The van der Waals surface area contributed by atoms with Crippen molar-refractivity contribution < 1.29 is 4.79 Å². The first-order valence-corrected chi connectivity index (χ1v) is 9.81. The van der Waals surface area contributed by atoms with Crippen molar-refractivity contribution in [3.63, 3.8) is 0 Å². The molecule has 7 heteroatoms. The third kappa shape index (κ3) is 4.29. The molecule has 2 aromatic heterocycles. The van der Waals surface area contributed by atoms with Crippen LogP contribution in [0.1, 0.15) is 16.0 Å². The first-order valence-electron chi connectivity index (χ1n) is 8.01. The van der Waals surface area contributed by atoms with Crippen molar-refractivity contribution in [1.82, 2.24) is 15.3 Å². The summed E-state index contributed by atoms with van der Waals surface area (Å²) in [5.74, 6) is 0.740. The van der Waals surface area contributed by atoms with Gasteiger partial charge in [0.25, 0.3) is 0 Å². The van der Waals surface area contributed by atoms with E-state index in [1.807, 2.05) is 32.0 Å². The highest BCUT2D eigenvalue weighted by molar-refractivity contribution is 7.99. The fourth-order valence-corrected chi connectivity index (χ4v) is 4.27. The quantitative estimate of drug-likeness (QED) is 0.512. The van der Waals surface area contributed by atoms with E-state index in [1.165, 1.54) is 22.2 Å². The van der Waals surface area contributed by atoms with Crippen LogP contribution in [-0.4, -0.2) is 28.2 Å². The van der Waals surface area contributed by atoms with Crippen LogP contribution in [0, 0.1) is 13.8 Å². The third-order valence-electron chi connectivity index (χ3n) is 3.95. The van der Waals surface area contributed by atoms with Crippen LogP contribution < -0.4 is 11.1 Å². The van der Waals surface area contributed by atoms with Crippen LogP contribution in [0.2, 0.25) is 0 Å². The Morgan fingerprint density at radius 2 is 2.00 bits per heavy atom. The summed E-state index contributed by atoms with van der Waals surface area (Å²) in [6.07, 6.45) is 0.820. The maximum Gasteiger partial charge on any atom is 0.230 e. The zero-order valence-corrected chi connectivity index (χ0v) is 15.8.